The molecule has 2 heteroatoms. The lowest BCUT2D eigenvalue weighted by Crippen LogP contribution is -2.09. The molecule has 1 aliphatic rings. The lowest BCUT2D eigenvalue weighted by molar-refractivity contribution is -0.138. The minimum Gasteiger partial charge on any atom is -0.463 e. The molecule has 0 aromatic heterocycles. The molecule has 1 fully saturated rings. The van der Waals surface area contributed by atoms with Gasteiger partial charge in [0.25, 0.3) is 0 Å². The zero-order valence-electron chi connectivity index (χ0n) is 16.8. The molecule has 0 radical (unpaired) electrons. The van der Waals surface area contributed by atoms with E-state index in [1.807, 2.05) is 49.4 Å². The number of carbonyl (C=O) groups is 1. The lowest BCUT2D eigenvalue weighted by Gasteiger charge is -2.20. The van der Waals surface area contributed by atoms with Crippen LogP contribution in [0.3, 0.4) is 0 Å². The summed E-state index contributed by atoms with van der Waals surface area (Å²) in [7, 11) is 0. The number of hydrogen-bond acceptors (Lipinski definition) is 2. The zero-order chi connectivity index (χ0) is 19.6. The zero-order valence-corrected chi connectivity index (χ0v) is 16.8. The van der Waals surface area contributed by atoms with E-state index in [2.05, 4.69) is 30.3 Å². The van der Waals surface area contributed by atoms with Crippen molar-refractivity contribution in [1.82, 2.24) is 0 Å². The number of allylic oxidation sites excluding steroid dienone is 2. The van der Waals surface area contributed by atoms with Gasteiger partial charge in [-0.1, -0.05) is 86.0 Å². The number of hydrogen-bond donors (Lipinski definition) is 0. The van der Waals surface area contributed by atoms with E-state index in [1.165, 1.54) is 43.2 Å². The maximum atomic E-state index is 12.7. The van der Waals surface area contributed by atoms with Crippen LogP contribution in [0.5, 0.6) is 0 Å². The number of carbonyl (C=O) groups excluding carboxylic acids is 1. The van der Waals surface area contributed by atoms with Crippen molar-refractivity contribution in [1.29, 1.82) is 0 Å². The van der Waals surface area contributed by atoms with E-state index in [-0.39, 0.29) is 5.97 Å². The molecule has 1 saturated carbocycles. The van der Waals surface area contributed by atoms with Crippen LogP contribution < -0.4 is 0 Å². The van der Waals surface area contributed by atoms with Gasteiger partial charge in [0.05, 0.1) is 6.61 Å². The third-order valence-electron chi connectivity index (χ3n) is 5.29. The van der Waals surface area contributed by atoms with Crippen LogP contribution in [0.2, 0.25) is 0 Å². The van der Waals surface area contributed by atoms with Gasteiger partial charge in [-0.25, -0.2) is 4.79 Å². The molecule has 0 spiro atoms. The quantitative estimate of drug-likeness (QED) is 0.399. The first-order chi connectivity index (χ1) is 13.8. The minimum absolute atomic E-state index is 0.225. The summed E-state index contributed by atoms with van der Waals surface area (Å²) in [4.78, 5) is 12.7. The van der Waals surface area contributed by atoms with Crippen LogP contribution >= 0.6 is 0 Å². The highest BCUT2D eigenvalue weighted by molar-refractivity contribution is 5.96. The van der Waals surface area contributed by atoms with Crippen molar-refractivity contribution in [2.75, 3.05) is 6.61 Å². The van der Waals surface area contributed by atoms with Gasteiger partial charge in [-0.2, -0.15) is 0 Å². The molecular formula is C26H30O2. The first kappa shape index (κ1) is 20.1. The second-order valence-electron chi connectivity index (χ2n) is 7.43. The molecule has 0 saturated heterocycles. The Morgan fingerprint density at radius 2 is 1.61 bits per heavy atom. The summed E-state index contributed by atoms with van der Waals surface area (Å²) in [5.74, 6) is 0.376. The minimum atomic E-state index is -0.225. The molecule has 0 heterocycles. The Balaban J connectivity index is 1.93. The topological polar surface area (TPSA) is 26.3 Å². The predicted octanol–water partition coefficient (Wildman–Crippen LogP) is 6.69. The maximum Gasteiger partial charge on any atom is 0.334 e. The van der Waals surface area contributed by atoms with Gasteiger partial charge < -0.3 is 4.74 Å². The standard InChI is InChI=1S/C26H30O2/c1-2-28-26(27)25(19-22-14-8-4-9-15-22)20-24(23-16-10-5-11-17-23)18-21-12-6-3-7-13-21/h4-5,8-11,14-19,21H,2-3,6-7,12-13,20H2,1H3/b24-18-,25-19-. The van der Waals surface area contributed by atoms with E-state index in [1.54, 1.807) is 0 Å². The Morgan fingerprint density at radius 3 is 2.25 bits per heavy atom. The Hall–Kier alpha value is -2.61. The van der Waals surface area contributed by atoms with E-state index in [0.29, 0.717) is 24.5 Å². The molecule has 0 amide bonds. The Bertz CT molecular complexity index is 797. The number of benzene rings is 2. The molecule has 146 valence electrons. The monoisotopic (exact) mass is 374 g/mol. The van der Waals surface area contributed by atoms with Gasteiger partial charge in [0.2, 0.25) is 0 Å². The lowest BCUT2D eigenvalue weighted by atomic mass is 9.85. The van der Waals surface area contributed by atoms with Crippen LogP contribution in [0.4, 0.5) is 0 Å². The van der Waals surface area contributed by atoms with Crippen molar-refractivity contribution in [2.45, 2.75) is 45.4 Å². The normalized spacial score (nSPS) is 16.0. The second-order valence-corrected chi connectivity index (χ2v) is 7.43. The van der Waals surface area contributed by atoms with Gasteiger partial charge in [-0.15, -0.1) is 0 Å². The van der Waals surface area contributed by atoms with Gasteiger partial charge in [0, 0.05) is 12.0 Å². The molecule has 2 nitrogen and oxygen atoms in total. The fourth-order valence-electron chi connectivity index (χ4n) is 3.86. The molecule has 28 heavy (non-hydrogen) atoms. The van der Waals surface area contributed by atoms with E-state index in [0.717, 1.165) is 5.56 Å². The van der Waals surface area contributed by atoms with Crippen molar-refractivity contribution in [3.05, 3.63) is 83.4 Å². The van der Waals surface area contributed by atoms with Gasteiger partial charge in [0.1, 0.15) is 0 Å². The van der Waals surface area contributed by atoms with E-state index < -0.39 is 0 Å². The summed E-state index contributed by atoms with van der Waals surface area (Å²) in [6.07, 6.45) is 11.4. The maximum absolute atomic E-state index is 12.7. The van der Waals surface area contributed by atoms with E-state index in [4.69, 9.17) is 4.74 Å². The second kappa shape index (κ2) is 10.7. The fraction of sp³-hybridized carbons (Fsp3) is 0.346. The summed E-state index contributed by atoms with van der Waals surface area (Å²) in [6, 6.07) is 20.4. The molecule has 0 unspecified atom stereocenters. The summed E-state index contributed by atoms with van der Waals surface area (Å²) in [6.45, 7) is 2.24. The highest BCUT2D eigenvalue weighted by atomic mass is 16.5. The van der Waals surface area contributed by atoms with Gasteiger partial charge in [0.15, 0.2) is 0 Å². The summed E-state index contributed by atoms with van der Waals surface area (Å²) >= 11 is 0. The third kappa shape index (κ3) is 5.95. The van der Waals surface area contributed by atoms with E-state index >= 15 is 0 Å². The molecule has 2 aromatic carbocycles. The summed E-state index contributed by atoms with van der Waals surface area (Å²) in [5.41, 5.74) is 4.15. The van der Waals surface area contributed by atoms with Crippen LogP contribution in [-0.2, 0) is 9.53 Å². The van der Waals surface area contributed by atoms with Crippen molar-refractivity contribution in [2.24, 2.45) is 5.92 Å². The first-order valence-electron chi connectivity index (χ1n) is 10.4. The SMILES string of the molecule is CCOC(=O)/C(=C\c1ccccc1)C/C(=C/C1CCCCC1)c1ccccc1. The Kier molecular flexibility index (Phi) is 7.66. The molecule has 0 N–H and O–H groups in total. The molecule has 2 aromatic rings. The third-order valence-corrected chi connectivity index (χ3v) is 5.29. The van der Waals surface area contributed by atoms with Crippen LogP contribution in [0.1, 0.15) is 56.6 Å². The summed E-state index contributed by atoms with van der Waals surface area (Å²) < 4.78 is 5.37. The first-order valence-corrected chi connectivity index (χ1v) is 10.4. The largest absolute Gasteiger partial charge is 0.463 e. The van der Waals surface area contributed by atoms with Crippen molar-refractivity contribution in [3.63, 3.8) is 0 Å². The number of ether oxygens (including phenoxy) is 1. The number of rotatable bonds is 7. The van der Waals surface area contributed by atoms with Crippen molar-refractivity contribution in [3.8, 4) is 0 Å². The van der Waals surface area contributed by atoms with Gasteiger partial charge >= 0.3 is 5.97 Å². The van der Waals surface area contributed by atoms with Gasteiger partial charge in [-0.3, -0.25) is 0 Å². The Morgan fingerprint density at radius 1 is 0.964 bits per heavy atom. The molecule has 0 atom stereocenters. The average Bonchev–Trinajstić information content (AvgIpc) is 2.75. The van der Waals surface area contributed by atoms with Crippen LogP contribution in [0.15, 0.2) is 72.3 Å². The molecule has 3 rings (SSSR count). The Labute approximate surface area is 168 Å². The van der Waals surface area contributed by atoms with Crippen molar-refractivity contribution >= 4 is 17.6 Å². The average molecular weight is 375 g/mol. The highest BCUT2D eigenvalue weighted by Crippen LogP contribution is 2.31. The van der Waals surface area contributed by atoms with Crippen LogP contribution in [0.25, 0.3) is 11.6 Å². The molecule has 1 aliphatic carbocycles. The highest BCUT2D eigenvalue weighted by Gasteiger charge is 2.17. The smallest absolute Gasteiger partial charge is 0.334 e. The molecule has 0 bridgehead atoms. The van der Waals surface area contributed by atoms with Crippen LogP contribution in [-0.4, -0.2) is 12.6 Å². The number of esters is 1. The molecular weight excluding hydrogens is 344 g/mol. The van der Waals surface area contributed by atoms with Crippen molar-refractivity contribution < 1.29 is 9.53 Å². The van der Waals surface area contributed by atoms with Crippen LogP contribution in [0, 0.1) is 5.92 Å². The molecule has 0 aliphatic heterocycles. The fourth-order valence-corrected chi connectivity index (χ4v) is 3.86. The summed E-state index contributed by atoms with van der Waals surface area (Å²) in [5, 5.41) is 0. The van der Waals surface area contributed by atoms with Gasteiger partial charge in [-0.05, 0) is 48.5 Å². The predicted molar refractivity (Wildman–Crippen MR) is 117 cm³/mol. The van der Waals surface area contributed by atoms with E-state index in [9.17, 15) is 4.79 Å².